The first-order valence-corrected chi connectivity index (χ1v) is 8.29. The summed E-state index contributed by atoms with van der Waals surface area (Å²) in [4.78, 5) is 18.6. The quantitative estimate of drug-likeness (QED) is 0.891. The molecule has 0 bridgehead atoms. The first kappa shape index (κ1) is 17.5. The molecule has 1 saturated heterocycles. The molecule has 0 saturated carbocycles. The van der Waals surface area contributed by atoms with Gasteiger partial charge in [-0.25, -0.2) is 9.78 Å². The molecule has 128 valence electrons. The molecule has 1 aliphatic rings. The predicted molar refractivity (Wildman–Crippen MR) is 91.5 cm³/mol. The average molecular weight is 320 g/mol. The van der Waals surface area contributed by atoms with E-state index >= 15 is 0 Å². The van der Waals surface area contributed by atoms with Gasteiger partial charge in [-0.3, -0.25) is 0 Å². The van der Waals surface area contributed by atoms with Crippen molar-refractivity contribution < 1.29 is 9.53 Å². The van der Waals surface area contributed by atoms with E-state index < -0.39 is 11.7 Å². The summed E-state index contributed by atoms with van der Waals surface area (Å²) >= 11 is 0. The van der Waals surface area contributed by atoms with Gasteiger partial charge < -0.3 is 20.7 Å². The molecule has 1 aliphatic heterocycles. The maximum absolute atomic E-state index is 11.8. The highest BCUT2D eigenvalue weighted by atomic mass is 16.6. The van der Waals surface area contributed by atoms with Crippen molar-refractivity contribution in [1.29, 1.82) is 0 Å². The number of nitrogens with zero attached hydrogens (tertiary/aromatic N) is 2. The molecule has 1 aromatic rings. The number of hydrogen-bond acceptors (Lipinski definition) is 5. The molecule has 0 radical (unpaired) electrons. The number of nitrogens with two attached hydrogens (primary N) is 1. The van der Waals surface area contributed by atoms with Crippen LogP contribution >= 0.6 is 0 Å². The second-order valence-electron chi connectivity index (χ2n) is 6.95. The van der Waals surface area contributed by atoms with Crippen molar-refractivity contribution in [2.24, 2.45) is 5.73 Å². The van der Waals surface area contributed by atoms with Crippen LogP contribution in [0.5, 0.6) is 0 Å². The van der Waals surface area contributed by atoms with Crippen LogP contribution in [-0.4, -0.2) is 36.3 Å². The zero-order valence-electron chi connectivity index (χ0n) is 14.3. The summed E-state index contributed by atoms with van der Waals surface area (Å²) in [6.45, 7) is 7.85. The maximum atomic E-state index is 11.8. The molecule has 1 unspecified atom stereocenters. The molecule has 1 fully saturated rings. The minimum Gasteiger partial charge on any atom is -0.444 e. The monoisotopic (exact) mass is 320 g/mol. The average Bonchev–Trinajstić information content (AvgIpc) is 2.52. The molecule has 1 aromatic heterocycles. The lowest BCUT2D eigenvalue weighted by molar-refractivity contribution is 0.0524. The lowest BCUT2D eigenvalue weighted by Crippen LogP contribution is -2.37. The fraction of sp³-hybridized carbons (Fsp3) is 0.647. The van der Waals surface area contributed by atoms with Gasteiger partial charge in [0.15, 0.2) is 0 Å². The SMILES string of the molecule is CC(C)(C)OC(=O)NCC(N)c1cccnc1N1CCCCC1. The molecule has 0 aliphatic carbocycles. The molecule has 23 heavy (non-hydrogen) atoms. The van der Waals surface area contributed by atoms with Crippen molar-refractivity contribution in [2.75, 3.05) is 24.5 Å². The van der Waals surface area contributed by atoms with E-state index in [1.54, 1.807) is 6.20 Å². The van der Waals surface area contributed by atoms with Crippen LogP contribution in [0.1, 0.15) is 51.6 Å². The molecule has 2 rings (SSSR count). The lowest BCUT2D eigenvalue weighted by atomic mass is 10.1. The number of anilines is 1. The van der Waals surface area contributed by atoms with Gasteiger partial charge in [-0.1, -0.05) is 6.07 Å². The van der Waals surface area contributed by atoms with Crippen LogP contribution in [0.15, 0.2) is 18.3 Å². The zero-order chi connectivity index (χ0) is 16.9. The Morgan fingerprint density at radius 1 is 1.39 bits per heavy atom. The third-order valence-corrected chi connectivity index (χ3v) is 3.74. The minimum absolute atomic E-state index is 0.312. The number of ether oxygens (including phenoxy) is 1. The molecular formula is C17H28N4O2. The summed E-state index contributed by atoms with van der Waals surface area (Å²) in [5.41, 5.74) is 6.73. The lowest BCUT2D eigenvalue weighted by Gasteiger charge is -2.30. The molecule has 6 heteroatoms. The van der Waals surface area contributed by atoms with Gasteiger partial charge in [0.05, 0.1) is 6.04 Å². The minimum atomic E-state index is -0.512. The molecule has 0 aromatic carbocycles. The van der Waals surface area contributed by atoms with E-state index in [2.05, 4.69) is 15.2 Å². The van der Waals surface area contributed by atoms with Crippen molar-refractivity contribution in [3.05, 3.63) is 23.9 Å². The Morgan fingerprint density at radius 3 is 2.74 bits per heavy atom. The van der Waals surface area contributed by atoms with E-state index in [0.29, 0.717) is 6.54 Å². The fourth-order valence-corrected chi connectivity index (χ4v) is 2.69. The summed E-state index contributed by atoms with van der Waals surface area (Å²) in [5.74, 6) is 0.936. The summed E-state index contributed by atoms with van der Waals surface area (Å²) < 4.78 is 5.24. The topological polar surface area (TPSA) is 80.5 Å². The predicted octanol–water partition coefficient (Wildman–Crippen LogP) is 2.60. The third-order valence-electron chi connectivity index (χ3n) is 3.74. The van der Waals surface area contributed by atoms with Crippen molar-refractivity contribution in [2.45, 2.75) is 51.7 Å². The van der Waals surface area contributed by atoms with Crippen molar-refractivity contribution in [1.82, 2.24) is 10.3 Å². The highest BCUT2D eigenvalue weighted by Gasteiger charge is 2.21. The molecule has 6 nitrogen and oxygen atoms in total. The number of carbonyl (C=O) groups is 1. The number of carbonyl (C=O) groups excluding carboxylic acids is 1. The number of hydrogen-bond donors (Lipinski definition) is 2. The van der Waals surface area contributed by atoms with Gasteiger partial charge in [0.25, 0.3) is 0 Å². The van der Waals surface area contributed by atoms with Crippen LogP contribution in [0.4, 0.5) is 10.6 Å². The Balaban J connectivity index is 1.99. The number of piperidine rings is 1. The van der Waals surface area contributed by atoms with Crippen LogP contribution in [0.2, 0.25) is 0 Å². The van der Waals surface area contributed by atoms with E-state index in [4.69, 9.17) is 10.5 Å². The molecule has 1 amide bonds. The number of nitrogens with one attached hydrogen (secondary N) is 1. The van der Waals surface area contributed by atoms with E-state index in [1.165, 1.54) is 19.3 Å². The third kappa shape index (κ3) is 5.39. The van der Waals surface area contributed by atoms with E-state index in [1.807, 2.05) is 32.9 Å². The fourth-order valence-electron chi connectivity index (χ4n) is 2.69. The highest BCUT2D eigenvalue weighted by Crippen LogP contribution is 2.25. The van der Waals surface area contributed by atoms with Gasteiger partial charge in [-0.2, -0.15) is 0 Å². The van der Waals surface area contributed by atoms with Gasteiger partial charge in [0, 0.05) is 31.4 Å². The number of amides is 1. The van der Waals surface area contributed by atoms with Crippen LogP contribution in [-0.2, 0) is 4.74 Å². The standard InChI is InChI=1S/C17H28N4O2/c1-17(2,3)23-16(22)20-12-14(18)13-8-7-9-19-15(13)21-10-5-4-6-11-21/h7-9,14H,4-6,10-12,18H2,1-3H3,(H,20,22). The Hall–Kier alpha value is -1.82. The molecule has 0 spiro atoms. The molecule has 3 N–H and O–H groups in total. The van der Waals surface area contributed by atoms with Gasteiger partial charge in [-0.15, -0.1) is 0 Å². The van der Waals surface area contributed by atoms with Crippen molar-refractivity contribution in [3.8, 4) is 0 Å². The number of alkyl carbamates (subject to hydrolysis) is 1. The molecule has 1 atom stereocenters. The van der Waals surface area contributed by atoms with Crippen molar-refractivity contribution in [3.63, 3.8) is 0 Å². The zero-order valence-corrected chi connectivity index (χ0v) is 14.3. The van der Waals surface area contributed by atoms with Gasteiger partial charge >= 0.3 is 6.09 Å². The van der Waals surface area contributed by atoms with Gasteiger partial charge in [0.2, 0.25) is 0 Å². The summed E-state index contributed by atoms with van der Waals surface area (Å²) in [5, 5.41) is 2.74. The normalized spacial score (nSPS) is 16.8. The Labute approximate surface area is 138 Å². The summed E-state index contributed by atoms with van der Waals surface area (Å²) in [7, 11) is 0. The highest BCUT2D eigenvalue weighted by molar-refractivity contribution is 5.67. The van der Waals surface area contributed by atoms with Crippen molar-refractivity contribution >= 4 is 11.9 Å². The maximum Gasteiger partial charge on any atom is 0.407 e. The van der Waals surface area contributed by atoms with E-state index in [0.717, 1.165) is 24.5 Å². The van der Waals surface area contributed by atoms with Crippen LogP contribution in [0.25, 0.3) is 0 Å². The van der Waals surface area contributed by atoms with E-state index in [-0.39, 0.29) is 6.04 Å². The molecule has 2 heterocycles. The van der Waals surface area contributed by atoms with Crippen LogP contribution in [0, 0.1) is 0 Å². The smallest absolute Gasteiger partial charge is 0.407 e. The van der Waals surface area contributed by atoms with Crippen LogP contribution < -0.4 is 16.0 Å². The largest absolute Gasteiger partial charge is 0.444 e. The Kier molecular flexibility index (Phi) is 5.82. The number of pyridine rings is 1. The summed E-state index contributed by atoms with van der Waals surface area (Å²) in [6.07, 6.45) is 4.98. The van der Waals surface area contributed by atoms with Gasteiger partial charge in [0.1, 0.15) is 11.4 Å². The summed E-state index contributed by atoms with van der Waals surface area (Å²) in [6, 6.07) is 3.56. The Bertz CT molecular complexity index is 522. The van der Waals surface area contributed by atoms with Gasteiger partial charge in [-0.05, 0) is 46.1 Å². The second-order valence-corrected chi connectivity index (χ2v) is 6.95. The number of rotatable bonds is 4. The Morgan fingerprint density at radius 2 is 2.09 bits per heavy atom. The van der Waals surface area contributed by atoms with E-state index in [9.17, 15) is 4.79 Å². The first-order chi connectivity index (χ1) is 10.9. The van der Waals surface area contributed by atoms with Crippen LogP contribution in [0.3, 0.4) is 0 Å². The first-order valence-electron chi connectivity index (χ1n) is 8.29. The molecular weight excluding hydrogens is 292 g/mol. The number of aromatic nitrogens is 1. The second kappa shape index (κ2) is 7.64.